The SMILES string of the molecule is Cc1nc(COc2ccccc2C(=O)N2CCN(Cc3ccccc3)CC2)cs1. The van der Waals surface area contributed by atoms with Crippen LogP contribution in [0.4, 0.5) is 0 Å². The van der Waals surface area contributed by atoms with E-state index in [9.17, 15) is 4.79 Å². The number of amides is 1. The summed E-state index contributed by atoms with van der Waals surface area (Å²) in [6.45, 7) is 6.48. The first-order valence-corrected chi connectivity index (χ1v) is 10.8. The number of rotatable bonds is 6. The highest BCUT2D eigenvalue weighted by Crippen LogP contribution is 2.22. The number of aromatic nitrogens is 1. The topological polar surface area (TPSA) is 45.7 Å². The lowest BCUT2D eigenvalue weighted by atomic mass is 10.1. The summed E-state index contributed by atoms with van der Waals surface area (Å²) in [4.78, 5) is 21.9. The smallest absolute Gasteiger partial charge is 0.257 e. The second-order valence-electron chi connectivity index (χ2n) is 7.20. The van der Waals surface area contributed by atoms with E-state index >= 15 is 0 Å². The Bertz CT molecular complexity index is 950. The Morgan fingerprint density at radius 2 is 1.76 bits per heavy atom. The van der Waals surface area contributed by atoms with E-state index in [2.05, 4.69) is 34.1 Å². The Hall–Kier alpha value is -2.70. The van der Waals surface area contributed by atoms with Crippen LogP contribution in [0.15, 0.2) is 60.0 Å². The van der Waals surface area contributed by atoms with Gasteiger partial charge in [-0.1, -0.05) is 42.5 Å². The molecular weight excluding hydrogens is 382 g/mol. The number of carbonyl (C=O) groups is 1. The molecule has 0 atom stereocenters. The van der Waals surface area contributed by atoms with Crippen LogP contribution in [0.2, 0.25) is 0 Å². The van der Waals surface area contributed by atoms with Gasteiger partial charge >= 0.3 is 0 Å². The molecule has 0 radical (unpaired) electrons. The highest BCUT2D eigenvalue weighted by Gasteiger charge is 2.24. The minimum Gasteiger partial charge on any atom is -0.486 e. The molecule has 2 heterocycles. The van der Waals surface area contributed by atoms with Crippen molar-refractivity contribution in [3.8, 4) is 5.75 Å². The molecule has 6 heteroatoms. The largest absolute Gasteiger partial charge is 0.486 e. The van der Waals surface area contributed by atoms with Crippen LogP contribution in [0, 0.1) is 6.92 Å². The predicted octanol–water partition coefficient (Wildman–Crippen LogP) is 3.99. The Kier molecular flexibility index (Phi) is 6.22. The summed E-state index contributed by atoms with van der Waals surface area (Å²) in [7, 11) is 0. The summed E-state index contributed by atoms with van der Waals surface area (Å²) in [6.07, 6.45) is 0. The summed E-state index contributed by atoms with van der Waals surface area (Å²) < 4.78 is 5.93. The molecule has 29 heavy (non-hydrogen) atoms. The third kappa shape index (κ3) is 5.02. The van der Waals surface area contributed by atoms with Crippen LogP contribution in [-0.4, -0.2) is 46.9 Å². The third-order valence-electron chi connectivity index (χ3n) is 5.07. The Morgan fingerprint density at radius 3 is 2.48 bits per heavy atom. The normalized spacial score (nSPS) is 14.7. The maximum atomic E-state index is 13.1. The molecule has 0 aliphatic carbocycles. The quantitative estimate of drug-likeness (QED) is 0.620. The molecule has 4 rings (SSSR count). The van der Waals surface area contributed by atoms with Gasteiger partial charge in [0, 0.05) is 38.1 Å². The monoisotopic (exact) mass is 407 g/mol. The minimum absolute atomic E-state index is 0.0365. The van der Waals surface area contributed by atoms with Crippen LogP contribution in [0.25, 0.3) is 0 Å². The highest BCUT2D eigenvalue weighted by molar-refractivity contribution is 7.09. The van der Waals surface area contributed by atoms with Gasteiger partial charge < -0.3 is 9.64 Å². The first-order chi connectivity index (χ1) is 14.2. The van der Waals surface area contributed by atoms with Gasteiger partial charge in [-0.3, -0.25) is 9.69 Å². The Labute approximate surface area is 175 Å². The van der Waals surface area contributed by atoms with Crippen molar-refractivity contribution in [3.63, 3.8) is 0 Å². The lowest BCUT2D eigenvalue weighted by Crippen LogP contribution is -2.48. The number of para-hydroxylation sites is 1. The van der Waals surface area contributed by atoms with Gasteiger partial charge in [0.15, 0.2) is 0 Å². The van der Waals surface area contributed by atoms with E-state index in [0.717, 1.165) is 43.4 Å². The van der Waals surface area contributed by atoms with Crippen molar-refractivity contribution in [2.24, 2.45) is 0 Å². The van der Waals surface area contributed by atoms with Gasteiger partial charge in [-0.2, -0.15) is 0 Å². The number of aryl methyl sites for hydroxylation is 1. The Morgan fingerprint density at radius 1 is 1.03 bits per heavy atom. The first-order valence-electron chi connectivity index (χ1n) is 9.87. The number of thiazole rings is 1. The highest BCUT2D eigenvalue weighted by atomic mass is 32.1. The zero-order valence-corrected chi connectivity index (χ0v) is 17.4. The molecule has 1 aromatic heterocycles. The van der Waals surface area contributed by atoms with Gasteiger partial charge in [0.25, 0.3) is 5.91 Å². The van der Waals surface area contributed by atoms with E-state index in [1.165, 1.54) is 5.56 Å². The number of benzene rings is 2. The predicted molar refractivity (Wildman–Crippen MR) is 115 cm³/mol. The molecule has 3 aromatic rings. The van der Waals surface area contributed by atoms with E-state index in [1.54, 1.807) is 11.3 Å². The van der Waals surface area contributed by atoms with Gasteiger partial charge in [0.1, 0.15) is 12.4 Å². The number of carbonyl (C=O) groups excluding carboxylic acids is 1. The third-order valence-corrected chi connectivity index (χ3v) is 5.89. The zero-order valence-electron chi connectivity index (χ0n) is 16.6. The average Bonchev–Trinajstić information content (AvgIpc) is 3.18. The summed E-state index contributed by atoms with van der Waals surface area (Å²) in [6, 6.07) is 18.0. The second-order valence-corrected chi connectivity index (χ2v) is 8.26. The van der Waals surface area contributed by atoms with Crippen LogP contribution in [0.5, 0.6) is 5.75 Å². The summed E-state index contributed by atoms with van der Waals surface area (Å²) in [5.74, 6) is 0.657. The van der Waals surface area contributed by atoms with Crippen molar-refractivity contribution in [2.45, 2.75) is 20.1 Å². The first kappa shape index (κ1) is 19.6. The van der Waals surface area contributed by atoms with Crippen molar-refractivity contribution < 1.29 is 9.53 Å². The minimum atomic E-state index is 0.0365. The molecule has 1 amide bonds. The molecule has 150 valence electrons. The maximum Gasteiger partial charge on any atom is 0.257 e. The molecule has 1 aliphatic rings. The van der Waals surface area contributed by atoms with Crippen LogP contribution < -0.4 is 4.74 Å². The van der Waals surface area contributed by atoms with Crippen molar-refractivity contribution >= 4 is 17.2 Å². The standard InChI is InChI=1S/C23H25N3O2S/c1-18-24-20(17-29-18)16-28-22-10-6-5-9-21(22)23(27)26-13-11-25(12-14-26)15-19-7-3-2-4-8-19/h2-10,17H,11-16H2,1H3. The van der Waals surface area contributed by atoms with Crippen molar-refractivity contribution in [3.05, 3.63) is 81.8 Å². The number of nitrogens with zero attached hydrogens (tertiary/aromatic N) is 3. The maximum absolute atomic E-state index is 13.1. The average molecular weight is 408 g/mol. The molecule has 0 unspecified atom stereocenters. The molecule has 0 N–H and O–H groups in total. The summed E-state index contributed by atoms with van der Waals surface area (Å²) in [5, 5.41) is 3.01. The van der Waals surface area contributed by atoms with Gasteiger partial charge in [-0.25, -0.2) is 4.98 Å². The van der Waals surface area contributed by atoms with Gasteiger partial charge in [-0.15, -0.1) is 11.3 Å². The number of hydrogen-bond donors (Lipinski definition) is 0. The van der Waals surface area contributed by atoms with Crippen molar-refractivity contribution in [1.82, 2.24) is 14.8 Å². The molecule has 1 saturated heterocycles. The molecule has 1 fully saturated rings. The van der Waals surface area contributed by atoms with Crippen LogP contribution in [0.3, 0.4) is 0 Å². The molecule has 2 aromatic carbocycles. The molecule has 5 nitrogen and oxygen atoms in total. The number of hydrogen-bond acceptors (Lipinski definition) is 5. The molecule has 1 aliphatic heterocycles. The second kappa shape index (κ2) is 9.20. The van der Waals surface area contributed by atoms with Crippen molar-refractivity contribution in [1.29, 1.82) is 0 Å². The van der Waals surface area contributed by atoms with Crippen LogP contribution in [-0.2, 0) is 13.2 Å². The van der Waals surface area contributed by atoms with E-state index in [4.69, 9.17) is 4.74 Å². The summed E-state index contributed by atoms with van der Waals surface area (Å²) >= 11 is 1.60. The number of piperazine rings is 1. The van der Waals surface area contributed by atoms with E-state index < -0.39 is 0 Å². The molecular formula is C23H25N3O2S. The molecule has 0 saturated carbocycles. The fourth-order valence-corrected chi connectivity index (χ4v) is 4.11. The summed E-state index contributed by atoms with van der Waals surface area (Å²) in [5.41, 5.74) is 2.82. The Balaban J connectivity index is 1.36. The van der Waals surface area contributed by atoms with Crippen molar-refractivity contribution in [2.75, 3.05) is 26.2 Å². The molecule has 0 spiro atoms. The fraction of sp³-hybridized carbons (Fsp3) is 0.304. The van der Waals surface area contributed by atoms with Crippen LogP contribution in [0.1, 0.15) is 26.6 Å². The van der Waals surface area contributed by atoms with E-state index in [1.807, 2.05) is 47.5 Å². The van der Waals surface area contributed by atoms with Gasteiger partial charge in [0.2, 0.25) is 0 Å². The van der Waals surface area contributed by atoms with Crippen LogP contribution >= 0.6 is 11.3 Å². The van der Waals surface area contributed by atoms with Gasteiger partial charge in [-0.05, 0) is 24.6 Å². The molecule has 0 bridgehead atoms. The number of ether oxygens (including phenoxy) is 1. The lowest BCUT2D eigenvalue weighted by Gasteiger charge is -2.35. The van der Waals surface area contributed by atoms with E-state index in [0.29, 0.717) is 17.9 Å². The fourth-order valence-electron chi connectivity index (χ4n) is 3.52. The zero-order chi connectivity index (χ0) is 20.1. The van der Waals surface area contributed by atoms with E-state index in [-0.39, 0.29) is 5.91 Å². The lowest BCUT2D eigenvalue weighted by molar-refractivity contribution is 0.0624. The van der Waals surface area contributed by atoms with Gasteiger partial charge in [0.05, 0.1) is 16.3 Å².